The summed E-state index contributed by atoms with van der Waals surface area (Å²) in [6.07, 6.45) is 12.2. The fourth-order valence-corrected chi connectivity index (χ4v) is 6.58. The Labute approximate surface area is 242 Å². The molecule has 0 spiro atoms. The maximum Gasteiger partial charge on any atom is 0.317 e. The van der Waals surface area contributed by atoms with Gasteiger partial charge in [0.05, 0.1) is 0 Å². The van der Waals surface area contributed by atoms with E-state index in [-0.39, 0.29) is 18.5 Å². The summed E-state index contributed by atoms with van der Waals surface area (Å²) in [4.78, 5) is 32.3. The molecule has 222 valence electrons. The monoisotopic (exact) mass is 552 g/mol. The summed E-state index contributed by atoms with van der Waals surface area (Å²) in [6, 6.07) is 9.56. The Morgan fingerprint density at radius 1 is 1.02 bits per heavy atom. The zero-order chi connectivity index (χ0) is 28.4. The zero-order valence-corrected chi connectivity index (χ0v) is 25.2. The fourth-order valence-electron chi connectivity index (χ4n) is 6.58. The molecule has 0 radical (unpaired) electrons. The Hall–Kier alpha value is -2.54. The normalized spacial score (nSPS) is 21.8. The van der Waals surface area contributed by atoms with E-state index in [0.29, 0.717) is 31.0 Å². The molecule has 1 saturated heterocycles. The number of hydrogen-bond acceptors (Lipinski definition) is 4. The number of allylic oxidation sites excluding steroid dienone is 1. The van der Waals surface area contributed by atoms with Gasteiger partial charge in [0.25, 0.3) is 5.91 Å². The van der Waals surface area contributed by atoms with Crippen molar-refractivity contribution in [3.05, 3.63) is 42.0 Å². The van der Waals surface area contributed by atoms with E-state index in [1.807, 2.05) is 40.1 Å². The zero-order valence-electron chi connectivity index (χ0n) is 25.2. The highest BCUT2D eigenvalue weighted by atomic mass is 16.5. The Bertz CT molecular complexity index is 971. The van der Waals surface area contributed by atoms with E-state index in [9.17, 15) is 9.59 Å². The van der Waals surface area contributed by atoms with Crippen LogP contribution in [-0.4, -0.2) is 85.6 Å². The predicted molar refractivity (Wildman–Crippen MR) is 161 cm³/mol. The number of carbonyl (C=O) groups excluding carboxylic acids is 2. The van der Waals surface area contributed by atoms with Crippen LogP contribution >= 0.6 is 0 Å². The van der Waals surface area contributed by atoms with E-state index in [4.69, 9.17) is 4.74 Å². The van der Waals surface area contributed by atoms with Crippen LogP contribution in [0, 0.1) is 17.3 Å². The summed E-state index contributed by atoms with van der Waals surface area (Å²) in [5, 5.41) is 3.22. The van der Waals surface area contributed by atoms with Crippen LogP contribution in [0.2, 0.25) is 0 Å². The van der Waals surface area contributed by atoms with Crippen molar-refractivity contribution < 1.29 is 14.3 Å². The number of urea groups is 1. The number of nitrogens with zero attached hydrogens (tertiary/aromatic N) is 3. The molecule has 1 N–H and O–H groups in total. The SMILES string of the molecule is CCCCCCCCNC(=O)N(CCN1CCN(C(=O)COc2ccccc2)CC1)CC1=CCC2CC1C2(C)C. The molecule has 40 heavy (non-hydrogen) atoms. The van der Waals surface area contributed by atoms with Gasteiger partial charge in [-0.25, -0.2) is 4.79 Å². The molecular weight excluding hydrogens is 500 g/mol. The predicted octanol–water partition coefficient (Wildman–Crippen LogP) is 5.57. The average Bonchev–Trinajstić information content (AvgIpc) is 2.98. The van der Waals surface area contributed by atoms with Gasteiger partial charge in [-0.3, -0.25) is 9.69 Å². The molecule has 1 heterocycles. The van der Waals surface area contributed by atoms with Crippen LogP contribution in [0.25, 0.3) is 0 Å². The second-order valence-corrected chi connectivity index (χ2v) is 12.6. The third-order valence-corrected chi connectivity index (χ3v) is 9.57. The highest BCUT2D eigenvalue weighted by Crippen LogP contribution is 2.59. The van der Waals surface area contributed by atoms with Crippen molar-refractivity contribution in [1.82, 2.24) is 20.0 Å². The number of fused-ring (bicyclic) bond motifs is 1. The molecule has 7 nitrogen and oxygen atoms in total. The molecule has 3 aliphatic carbocycles. The van der Waals surface area contributed by atoms with Crippen LogP contribution in [0.3, 0.4) is 0 Å². The van der Waals surface area contributed by atoms with E-state index < -0.39 is 0 Å². The van der Waals surface area contributed by atoms with Gasteiger partial charge in [0.2, 0.25) is 0 Å². The molecular formula is C33H52N4O3. The number of amides is 3. The molecule has 0 aromatic heterocycles. The number of para-hydroxylation sites is 1. The van der Waals surface area contributed by atoms with Crippen molar-refractivity contribution >= 4 is 11.9 Å². The number of unbranched alkanes of at least 4 members (excludes halogenated alkanes) is 5. The van der Waals surface area contributed by atoms with Gasteiger partial charge in [-0.1, -0.05) is 82.7 Å². The lowest BCUT2D eigenvalue weighted by molar-refractivity contribution is -0.135. The summed E-state index contributed by atoms with van der Waals surface area (Å²) in [6.45, 7) is 13.2. The fraction of sp³-hybridized carbons (Fsp3) is 0.697. The van der Waals surface area contributed by atoms with Crippen LogP contribution in [0.5, 0.6) is 5.75 Å². The number of ether oxygens (including phenoxy) is 1. The Morgan fingerprint density at radius 3 is 2.45 bits per heavy atom. The first kappa shape index (κ1) is 30.4. The van der Waals surface area contributed by atoms with Gasteiger partial charge in [-0.05, 0) is 48.6 Å². The number of hydrogen-bond donors (Lipinski definition) is 1. The average molecular weight is 553 g/mol. The quantitative estimate of drug-likeness (QED) is 0.228. The molecule has 2 atom stereocenters. The van der Waals surface area contributed by atoms with Crippen LogP contribution in [0.1, 0.15) is 72.1 Å². The molecule has 2 unspecified atom stereocenters. The highest BCUT2D eigenvalue weighted by Gasteiger charge is 2.51. The van der Waals surface area contributed by atoms with E-state index >= 15 is 0 Å². The lowest BCUT2D eigenvalue weighted by Gasteiger charge is -2.57. The lowest BCUT2D eigenvalue weighted by Crippen LogP contribution is -2.53. The topological polar surface area (TPSA) is 65.1 Å². The second kappa shape index (κ2) is 14.9. The van der Waals surface area contributed by atoms with Gasteiger partial charge in [0.15, 0.2) is 6.61 Å². The molecule has 1 aromatic carbocycles. The summed E-state index contributed by atoms with van der Waals surface area (Å²) in [7, 11) is 0. The van der Waals surface area contributed by atoms with Gasteiger partial charge in [0, 0.05) is 52.4 Å². The first-order chi connectivity index (χ1) is 19.4. The van der Waals surface area contributed by atoms with Gasteiger partial charge in [-0.15, -0.1) is 0 Å². The van der Waals surface area contributed by atoms with Gasteiger partial charge in [-0.2, -0.15) is 0 Å². The minimum atomic E-state index is 0.0323. The molecule has 1 saturated carbocycles. The number of benzene rings is 1. The number of rotatable bonds is 15. The molecule has 2 bridgehead atoms. The smallest absolute Gasteiger partial charge is 0.317 e. The van der Waals surface area contributed by atoms with Crippen LogP contribution in [0.15, 0.2) is 42.0 Å². The first-order valence-corrected chi connectivity index (χ1v) is 15.8. The molecule has 7 heteroatoms. The van der Waals surface area contributed by atoms with Crippen LogP contribution in [-0.2, 0) is 4.79 Å². The van der Waals surface area contributed by atoms with E-state index in [0.717, 1.165) is 57.2 Å². The number of carbonyl (C=O) groups is 2. The standard InChI is InChI=1S/C33H52N4O3/c1-4-5-6-7-8-12-17-34-32(39)37(25-27-15-16-28-24-30(27)33(28,2)3)23-20-35-18-21-36(22-19-35)31(38)26-40-29-13-10-9-11-14-29/h9-11,13-15,28,30H,4-8,12,16-26H2,1-3H3,(H,34,39). The van der Waals surface area contributed by atoms with E-state index in [1.54, 1.807) is 0 Å². The highest BCUT2D eigenvalue weighted by molar-refractivity contribution is 5.78. The Kier molecular flexibility index (Phi) is 11.3. The number of nitrogens with one attached hydrogen (secondary N) is 1. The summed E-state index contributed by atoms with van der Waals surface area (Å²) >= 11 is 0. The van der Waals surface area contributed by atoms with E-state index in [2.05, 4.69) is 37.1 Å². The summed E-state index contributed by atoms with van der Waals surface area (Å²) in [5.41, 5.74) is 1.81. The summed E-state index contributed by atoms with van der Waals surface area (Å²) in [5.74, 6) is 2.16. The van der Waals surface area contributed by atoms with Gasteiger partial charge in [0.1, 0.15) is 5.75 Å². The lowest BCUT2D eigenvalue weighted by atomic mass is 9.49. The van der Waals surface area contributed by atoms with E-state index in [1.165, 1.54) is 44.1 Å². The maximum atomic E-state index is 13.3. The minimum absolute atomic E-state index is 0.0323. The van der Waals surface area contributed by atoms with Crippen LogP contribution in [0.4, 0.5) is 4.79 Å². The molecule has 4 aliphatic rings. The third-order valence-electron chi connectivity index (χ3n) is 9.57. The molecule has 1 aromatic rings. The first-order valence-electron chi connectivity index (χ1n) is 15.8. The van der Waals surface area contributed by atoms with Crippen LogP contribution < -0.4 is 10.1 Å². The van der Waals surface area contributed by atoms with Crippen molar-refractivity contribution in [1.29, 1.82) is 0 Å². The van der Waals surface area contributed by atoms with Crippen molar-refractivity contribution in [2.75, 3.05) is 59.0 Å². The van der Waals surface area contributed by atoms with Crippen molar-refractivity contribution in [2.24, 2.45) is 17.3 Å². The van der Waals surface area contributed by atoms with Gasteiger partial charge < -0.3 is 19.9 Å². The summed E-state index contributed by atoms with van der Waals surface area (Å²) < 4.78 is 5.66. The van der Waals surface area contributed by atoms with Crippen molar-refractivity contribution in [3.8, 4) is 5.75 Å². The molecule has 3 amide bonds. The van der Waals surface area contributed by atoms with Crippen molar-refractivity contribution in [3.63, 3.8) is 0 Å². The Balaban J connectivity index is 1.23. The second-order valence-electron chi connectivity index (χ2n) is 12.6. The molecule has 2 fully saturated rings. The Morgan fingerprint density at radius 2 is 1.75 bits per heavy atom. The number of piperazine rings is 1. The third kappa shape index (κ3) is 8.25. The largest absolute Gasteiger partial charge is 0.484 e. The minimum Gasteiger partial charge on any atom is -0.484 e. The van der Waals surface area contributed by atoms with Crippen molar-refractivity contribution in [2.45, 2.75) is 72.1 Å². The molecule has 5 rings (SSSR count). The molecule has 1 aliphatic heterocycles. The van der Waals surface area contributed by atoms with Gasteiger partial charge >= 0.3 is 6.03 Å². The maximum absolute atomic E-state index is 13.3.